The minimum atomic E-state index is 0.704. The summed E-state index contributed by atoms with van der Waals surface area (Å²) in [6.07, 6.45) is 8.93. The molecule has 1 N–H and O–H groups in total. The van der Waals surface area contributed by atoms with Crippen molar-refractivity contribution in [3.63, 3.8) is 0 Å². The van der Waals surface area contributed by atoms with Crippen LogP contribution in [0.4, 0.5) is 5.95 Å². The van der Waals surface area contributed by atoms with E-state index in [1.54, 1.807) is 0 Å². The van der Waals surface area contributed by atoms with Crippen molar-refractivity contribution in [2.45, 2.75) is 31.7 Å². The molecule has 1 saturated carbocycles. The van der Waals surface area contributed by atoms with Crippen molar-refractivity contribution < 1.29 is 0 Å². The molecule has 1 aromatic heterocycles. The molecule has 17 heavy (non-hydrogen) atoms. The Morgan fingerprint density at radius 1 is 1.12 bits per heavy atom. The second-order valence-corrected chi connectivity index (χ2v) is 5.16. The predicted molar refractivity (Wildman–Crippen MR) is 68.0 cm³/mol. The van der Waals surface area contributed by atoms with Crippen LogP contribution in [0.25, 0.3) is 0 Å². The van der Waals surface area contributed by atoms with Crippen molar-refractivity contribution >= 4 is 5.95 Å². The van der Waals surface area contributed by atoms with Crippen LogP contribution in [0, 0.1) is 5.92 Å². The number of aromatic nitrogens is 2. The van der Waals surface area contributed by atoms with E-state index in [0.29, 0.717) is 6.04 Å². The van der Waals surface area contributed by atoms with Gasteiger partial charge in [-0.3, -0.25) is 0 Å². The molecule has 2 heterocycles. The number of nitrogens with zero attached hydrogens (tertiary/aromatic N) is 3. The van der Waals surface area contributed by atoms with E-state index in [1.807, 2.05) is 18.5 Å². The molecule has 0 bridgehead atoms. The topological polar surface area (TPSA) is 41.1 Å². The van der Waals surface area contributed by atoms with Crippen LogP contribution in [0.5, 0.6) is 0 Å². The van der Waals surface area contributed by atoms with Gasteiger partial charge in [0, 0.05) is 31.5 Å². The van der Waals surface area contributed by atoms with Gasteiger partial charge in [-0.2, -0.15) is 0 Å². The van der Waals surface area contributed by atoms with Gasteiger partial charge in [0.25, 0.3) is 0 Å². The zero-order chi connectivity index (χ0) is 11.5. The van der Waals surface area contributed by atoms with E-state index < -0.39 is 0 Å². The first-order valence-electron chi connectivity index (χ1n) is 6.67. The van der Waals surface area contributed by atoms with Crippen LogP contribution < -0.4 is 10.2 Å². The highest BCUT2D eigenvalue weighted by atomic mass is 15.3. The lowest BCUT2D eigenvalue weighted by molar-refractivity contribution is 0.406. The van der Waals surface area contributed by atoms with Crippen LogP contribution in [-0.4, -0.2) is 35.6 Å². The van der Waals surface area contributed by atoms with Crippen LogP contribution in [-0.2, 0) is 0 Å². The average Bonchev–Trinajstić information content (AvgIpc) is 3.22. The summed E-state index contributed by atoms with van der Waals surface area (Å²) in [6, 6.07) is 2.57. The van der Waals surface area contributed by atoms with E-state index in [1.165, 1.54) is 32.2 Å². The molecule has 1 aromatic rings. The lowest BCUT2D eigenvalue weighted by Crippen LogP contribution is -2.43. The third-order valence-electron chi connectivity index (χ3n) is 3.72. The van der Waals surface area contributed by atoms with Gasteiger partial charge in [-0.05, 0) is 44.2 Å². The standard InChI is InChI=1S/C13H20N4/c1-6-14-13(15-7-1)17-8-4-12(5-9-17)16-10-11-2-3-11/h1,6-7,11-12,16H,2-5,8-10H2. The highest BCUT2D eigenvalue weighted by Gasteiger charge is 2.24. The molecule has 0 aromatic carbocycles. The third kappa shape index (κ3) is 2.94. The Kier molecular flexibility index (Phi) is 3.22. The molecule has 2 aliphatic rings. The largest absolute Gasteiger partial charge is 0.341 e. The molecular formula is C13H20N4. The molecule has 0 radical (unpaired) electrons. The van der Waals surface area contributed by atoms with E-state index in [9.17, 15) is 0 Å². The summed E-state index contributed by atoms with van der Waals surface area (Å²) in [6.45, 7) is 3.38. The summed E-state index contributed by atoms with van der Waals surface area (Å²) >= 11 is 0. The zero-order valence-electron chi connectivity index (χ0n) is 10.2. The van der Waals surface area contributed by atoms with Crippen LogP contribution >= 0.6 is 0 Å². The quantitative estimate of drug-likeness (QED) is 0.853. The monoisotopic (exact) mass is 232 g/mol. The van der Waals surface area contributed by atoms with Gasteiger partial charge in [0.1, 0.15) is 0 Å². The maximum Gasteiger partial charge on any atom is 0.225 e. The second kappa shape index (κ2) is 5.00. The first kappa shape index (κ1) is 11.0. The summed E-state index contributed by atoms with van der Waals surface area (Å²) < 4.78 is 0. The van der Waals surface area contributed by atoms with Gasteiger partial charge in [-0.25, -0.2) is 9.97 Å². The van der Waals surface area contributed by atoms with Crippen molar-refractivity contribution in [3.8, 4) is 0 Å². The van der Waals surface area contributed by atoms with Gasteiger partial charge in [0.05, 0.1) is 0 Å². The molecule has 0 atom stereocenters. The number of hydrogen-bond acceptors (Lipinski definition) is 4. The second-order valence-electron chi connectivity index (χ2n) is 5.16. The van der Waals surface area contributed by atoms with E-state index in [0.717, 1.165) is 25.0 Å². The Balaban J connectivity index is 1.46. The smallest absolute Gasteiger partial charge is 0.225 e. The number of nitrogens with one attached hydrogen (secondary N) is 1. The fourth-order valence-electron chi connectivity index (χ4n) is 2.39. The van der Waals surface area contributed by atoms with Crippen LogP contribution in [0.1, 0.15) is 25.7 Å². The van der Waals surface area contributed by atoms with Gasteiger partial charge >= 0.3 is 0 Å². The molecule has 3 rings (SSSR count). The SMILES string of the molecule is c1cnc(N2CCC(NCC3CC3)CC2)nc1. The fourth-order valence-corrected chi connectivity index (χ4v) is 2.39. The average molecular weight is 232 g/mol. The molecule has 1 saturated heterocycles. The van der Waals surface area contributed by atoms with Crippen molar-refractivity contribution in [1.29, 1.82) is 0 Å². The van der Waals surface area contributed by atoms with E-state index >= 15 is 0 Å². The van der Waals surface area contributed by atoms with Crippen molar-refractivity contribution in [1.82, 2.24) is 15.3 Å². The van der Waals surface area contributed by atoms with Crippen LogP contribution in [0.3, 0.4) is 0 Å². The van der Waals surface area contributed by atoms with E-state index in [-0.39, 0.29) is 0 Å². The van der Waals surface area contributed by atoms with Crippen LogP contribution in [0.15, 0.2) is 18.5 Å². The van der Waals surface area contributed by atoms with Crippen molar-refractivity contribution in [2.24, 2.45) is 5.92 Å². The maximum absolute atomic E-state index is 4.31. The van der Waals surface area contributed by atoms with E-state index in [2.05, 4.69) is 20.2 Å². The Bertz CT molecular complexity index is 342. The summed E-state index contributed by atoms with van der Waals surface area (Å²) in [5.41, 5.74) is 0. The Hall–Kier alpha value is -1.16. The molecule has 1 aliphatic heterocycles. The Morgan fingerprint density at radius 2 is 1.82 bits per heavy atom. The molecular weight excluding hydrogens is 212 g/mol. The molecule has 0 spiro atoms. The Labute approximate surface area is 102 Å². The highest BCUT2D eigenvalue weighted by molar-refractivity contribution is 5.29. The normalized spacial score (nSPS) is 21.8. The third-order valence-corrected chi connectivity index (χ3v) is 3.72. The summed E-state index contributed by atoms with van der Waals surface area (Å²) in [5.74, 6) is 1.86. The molecule has 0 unspecified atom stereocenters. The number of piperidine rings is 1. The lowest BCUT2D eigenvalue weighted by Gasteiger charge is -2.32. The van der Waals surface area contributed by atoms with Gasteiger partial charge in [0.2, 0.25) is 5.95 Å². The number of rotatable bonds is 4. The Morgan fingerprint density at radius 3 is 2.47 bits per heavy atom. The molecule has 1 aliphatic carbocycles. The van der Waals surface area contributed by atoms with Crippen molar-refractivity contribution in [3.05, 3.63) is 18.5 Å². The fraction of sp³-hybridized carbons (Fsp3) is 0.692. The van der Waals surface area contributed by atoms with Crippen molar-refractivity contribution in [2.75, 3.05) is 24.5 Å². The first-order valence-corrected chi connectivity index (χ1v) is 6.67. The molecule has 4 heteroatoms. The highest BCUT2D eigenvalue weighted by Crippen LogP contribution is 2.28. The minimum absolute atomic E-state index is 0.704. The summed E-state index contributed by atoms with van der Waals surface area (Å²) in [4.78, 5) is 10.9. The van der Waals surface area contributed by atoms with E-state index in [4.69, 9.17) is 0 Å². The molecule has 4 nitrogen and oxygen atoms in total. The van der Waals surface area contributed by atoms with Crippen LogP contribution in [0.2, 0.25) is 0 Å². The van der Waals surface area contributed by atoms with Gasteiger partial charge in [0.15, 0.2) is 0 Å². The first-order chi connectivity index (χ1) is 8.42. The molecule has 0 amide bonds. The van der Waals surface area contributed by atoms with Gasteiger partial charge in [-0.15, -0.1) is 0 Å². The summed E-state index contributed by atoms with van der Waals surface area (Å²) in [5, 5.41) is 3.69. The number of anilines is 1. The zero-order valence-corrected chi connectivity index (χ0v) is 10.2. The lowest BCUT2D eigenvalue weighted by atomic mass is 10.1. The maximum atomic E-state index is 4.31. The minimum Gasteiger partial charge on any atom is -0.341 e. The van der Waals surface area contributed by atoms with Gasteiger partial charge in [-0.1, -0.05) is 0 Å². The van der Waals surface area contributed by atoms with Gasteiger partial charge < -0.3 is 10.2 Å². The molecule has 2 fully saturated rings. The number of hydrogen-bond donors (Lipinski definition) is 1. The molecule has 92 valence electrons. The predicted octanol–water partition coefficient (Wildman–Crippen LogP) is 1.44. The summed E-state index contributed by atoms with van der Waals surface area (Å²) in [7, 11) is 0.